The van der Waals surface area contributed by atoms with Gasteiger partial charge in [-0.15, -0.1) is 0 Å². The van der Waals surface area contributed by atoms with Gasteiger partial charge in [0.1, 0.15) is 23.5 Å². The van der Waals surface area contributed by atoms with E-state index < -0.39 is 16.3 Å². The molecule has 1 saturated carbocycles. The predicted octanol–water partition coefficient (Wildman–Crippen LogP) is 2.92. The highest BCUT2D eigenvalue weighted by Crippen LogP contribution is 2.32. The Labute approximate surface area is 178 Å². The number of fused-ring (bicyclic) bond motifs is 1. The lowest BCUT2D eigenvalue weighted by Crippen LogP contribution is -2.39. The molecule has 4 heterocycles. The van der Waals surface area contributed by atoms with Crippen molar-refractivity contribution in [2.45, 2.75) is 37.4 Å². The van der Waals surface area contributed by atoms with Crippen LogP contribution in [0.5, 0.6) is 0 Å². The molecular weight excluding hydrogens is 426 g/mol. The molecule has 2 aliphatic rings. The third kappa shape index (κ3) is 4.10. The van der Waals surface area contributed by atoms with E-state index in [4.69, 9.17) is 0 Å². The Morgan fingerprint density at radius 2 is 1.97 bits per heavy atom. The molecule has 2 fully saturated rings. The van der Waals surface area contributed by atoms with Crippen molar-refractivity contribution in [3.05, 3.63) is 36.4 Å². The van der Waals surface area contributed by atoms with Crippen LogP contribution in [-0.4, -0.2) is 57.1 Å². The van der Waals surface area contributed by atoms with Crippen LogP contribution in [0.25, 0.3) is 17.0 Å². The monoisotopic (exact) mass is 448 g/mol. The van der Waals surface area contributed by atoms with Gasteiger partial charge in [0, 0.05) is 19.2 Å². The van der Waals surface area contributed by atoms with Gasteiger partial charge in [0.15, 0.2) is 15.5 Å². The van der Waals surface area contributed by atoms with Crippen LogP contribution in [0, 0.1) is 5.92 Å². The van der Waals surface area contributed by atoms with Crippen molar-refractivity contribution < 1.29 is 17.2 Å². The molecule has 1 atom stereocenters. The van der Waals surface area contributed by atoms with Gasteiger partial charge in [0.25, 0.3) is 6.43 Å². The van der Waals surface area contributed by atoms with Gasteiger partial charge in [-0.3, -0.25) is 0 Å². The van der Waals surface area contributed by atoms with E-state index in [0.717, 1.165) is 32.2 Å². The number of aromatic nitrogens is 5. The zero-order valence-corrected chi connectivity index (χ0v) is 17.5. The summed E-state index contributed by atoms with van der Waals surface area (Å²) in [6, 6.07) is 4.53. The van der Waals surface area contributed by atoms with Crippen molar-refractivity contribution in [3.8, 4) is 11.4 Å². The largest absolute Gasteiger partial charge is 0.356 e. The standard InChI is InChI=1S/C20H22F2N6O2S/c21-20(22)15-5-6-18-23-9-17(28(18)26-15)16-8-19(25-12-24-16)27-7-1-2-13(10-27)11-31(29,30)14-3-4-14/h5-6,8-9,12-14,20H,1-4,7,10-11H2. The molecule has 1 saturated heterocycles. The number of hydrogen-bond donors (Lipinski definition) is 0. The predicted molar refractivity (Wildman–Crippen MR) is 111 cm³/mol. The number of imidazole rings is 1. The lowest BCUT2D eigenvalue weighted by molar-refractivity contribution is 0.144. The van der Waals surface area contributed by atoms with E-state index in [2.05, 4.69) is 25.0 Å². The van der Waals surface area contributed by atoms with Crippen molar-refractivity contribution in [3.63, 3.8) is 0 Å². The smallest absolute Gasteiger partial charge is 0.282 e. The molecule has 3 aromatic rings. The molecule has 0 amide bonds. The Kier molecular flexibility index (Phi) is 5.07. The van der Waals surface area contributed by atoms with E-state index in [1.807, 2.05) is 0 Å². The Balaban J connectivity index is 1.40. The summed E-state index contributed by atoms with van der Waals surface area (Å²) in [5, 5.41) is 3.85. The maximum Gasteiger partial charge on any atom is 0.282 e. The summed E-state index contributed by atoms with van der Waals surface area (Å²) in [7, 11) is -3.01. The van der Waals surface area contributed by atoms with Gasteiger partial charge in [-0.25, -0.2) is 36.7 Å². The van der Waals surface area contributed by atoms with Crippen LogP contribution in [-0.2, 0) is 9.84 Å². The molecule has 0 N–H and O–H groups in total. The number of alkyl halides is 2. The fourth-order valence-electron chi connectivity index (χ4n) is 4.14. The quantitative estimate of drug-likeness (QED) is 0.572. The maximum atomic E-state index is 13.1. The van der Waals surface area contributed by atoms with Crippen molar-refractivity contribution in [2.24, 2.45) is 5.92 Å². The number of sulfone groups is 1. The van der Waals surface area contributed by atoms with Crippen LogP contribution in [0.2, 0.25) is 0 Å². The topological polar surface area (TPSA) is 93.4 Å². The van der Waals surface area contributed by atoms with Crippen LogP contribution in [0.4, 0.5) is 14.6 Å². The van der Waals surface area contributed by atoms with Gasteiger partial charge in [-0.1, -0.05) is 0 Å². The first kappa shape index (κ1) is 20.2. The lowest BCUT2D eigenvalue weighted by Gasteiger charge is -2.33. The van der Waals surface area contributed by atoms with Crippen LogP contribution in [0.1, 0.15) is 37.8 Å². The molecule has 0 radical (unpaired) electrons. The number of rotatable bonds is 6. The second kappa shape index (κ2) is 7.77. The highest BCUT2D eigenvalue weighted by atomic mass is 32.2. The number of nitrogens with zero attached hydrogens (tertiary/aromatic N) is 6. The van der Waals surface area contributed by atoms with E-state index >= 15 is 0 Å². The molecule has 0 spiro atoms. The molecule has 11 heteroatoms. The van der Waals surface area contributed by atoms with E-state index in [1.165, 1.54) is 23.0 Å². The van der Waals surface area contributed by atoms with E-state index in [-0.39, 0.29) is 22.6 Å². The molecule has 31 heavy (non-hydrogen) atoms. The summed E-state index contributed by atoms with van der Waals surface area (Å²) in [5.41, 5.74) is 1.12. The van der Waals surface area contributed by atoms with Gasteiger partial charge >= 0.3 is 0 Å². The first-order valence-corrected chi connectivity index (χ1v) is 12.0. The Morgan fingerprint density at radius 3 is 2.74 bits per heavy atom. The Hall–Kier alpha value is -2.69. The first-order chi connectivity index (χ1) is 14.9. The molecule has 3 aromatic heterocycles. The second-order valence-electron chi connectivity index (χ2n) is 8.22. The van der Waals surface area contributed by atoms with E-state index in [9.17, 15) is 17.2 Å². The summed E-state index contributed by atoms with van der Waals surface area (Å²) >= 11 is 0. The third-order valence-corrected chi connectivity index (χ3v) is 8.29. The number of halogens is 2. The molecule has 1 aliphatic heterocycles. The average Bonchev–Trinajstić information content (AvgIpc) is 3.54. The minimum atomic E-state index is -3.01. The number of anilines is 1. The highest BCUT2D eigenvalue weighted by Gasteiger charge is 2.38. The van der Waals surface area contributed by atoms with Crippen LogP contribution in [0.3, 0.4) is 0 Å². The van der Waals surface area contributed by atoms with Crippen molar-refractivity contribution in [1.29, 1.82) is 0 Å². The summed E-state index contributed by atoms with van der Waals surface area (Å²) < 4.78 is 52.3. The van der Waals surface area contributed by atoms with Crippen molar-refractivity contribution in [1.82, 2.24) is 24.6 Å². The summed E-state index contributed by atoms with van der Waals surface area (Å²) in [6.07, 6.45) is 3.63. The van der Waals surface area contributed by atoms with Crippen molar-refractivity contribution >= 4 is 21.3 Å². The number of piperidine rings is 1. The summed E-state index contributed by atoms with van der Waals surface area (Å²) in [5.74, 6) is 0.974. The van der Waals surface area contributed by atoms with Gasteiger partial charge in [-0.2, -0.15) is 5.10 Å². The van der Waals surface area contributed by atoms with Crippen molar-refractivity contribution in [2.75, 3.05) is 23.7 Å². The van der Waals surface area contributed by atoms with Crippen LogP contribution >= 0.6 is 0 Å². The van der Waals surface area contributed by atoms with Gasteiger partial charge in [0.2, 0.25) is 0 Å². The third-order valence-electron chi connectivity index (χ3n) is 5.86. The Morgan fingerprint density at radius 1 is 1.13 bits per heavy atom. The fraction of sp³-hybridized carbons (Fsp3) is 0.500. The van der Waals surface area contributed by atoms with E-state index in [1.54, 1.807) is 12.3 Å². The molecular formula is C20H22F2N6O2S. The molecule has 1 aliphatic carbocycles. The maximum absolute atomic E-state index is 13.1. The average molecular weight is 448 g/mol. The fourth-order valence-corrected chi connectivity index (χ4v) is 6.20. The van der Waals surface area contributed by atoms with Gasteiger partial charge in [-0.05, 0) is 43.7 Å². The van der Waals surface area contributed by atoms with Gasteiger partial charge in [0.05, 0.1) is 22.9 Å². The normalized spacial score (nSPS) is 20.0. The SMILES string of the molecule is O=S(=O)(CC1CCCN(c2cc(-c3cnc4ccc(C(F)F)nn34)ncn2)C1)C1CC1. The molecule has 164 valence electrons. The van der Waals surface area contributed by atoms with Crippen LogP contribution in [0.15, 0.2) is 30.7 Å². The highest BCUT2D eigenvalue weighted by molar-refractivity contribution is 7.92. The minimum Gasteiger partial charge on any atom is -0.356 e. The number of hydrogen-bond acceptors (Lipinski definition) is 7. The minimum absolute atomic E-state index is 0.0730. The Bertz CT molecular complexity index is 1210. The molecule has 0 aromatic carbocycles. The van der Waals surface area contributed by atoms with Gasteiger partial charge < -0.3 is 4.90 Å². The first-order valence-electron chi connectivity index (χ1n) is 10.3. The summed E-state index contributed by atoms with van der Waals surface area (Å²) in [4.78, 5) is 15.0. The second-order valence-corrected chi connectivity index (χ2v) is 10.5. The zero-order chi connectivity index (χ0) is 21.6. The molecule has 5 rings (SSSR count). The zero-order valence-electron chi connectivity index (χ0n) is 16.7. The lowest BCUT2D eigenvalue weighted by atomic mass is 10.00. The molecule has 8 nitrogen and oxygen atoms in total. The van der Waals surface area contributed by atoms with Crippen LogP contribution < -0.4 is 4.90 Å². The van der Waals surface area contributed by atoms with E-state index in [0.29, 0.717) is 29.4 Å². The summed E-state index contributed by atoms with van der Waals surface area (Å²) in [6.45, 7) is 1.39. The molecule has 1 unspecified atom stereocenters. The molecule has 0 bridgehead atoms.